The maximum absolute atomic E-state index is 13.3. The van der Waals surface area contributed by atoms with Crippen LogP contribution in [0.25, 0.3) is 0 Å². The fourth-order valence-corrected chi connectivity index (χ4v) is 3.68. The van der Waals surface area contributed by atoms with Crippen molar-refractivity contribution in [3.63, 3.8) is 0 Å². The van der Waals surface area contributed by atoms with Crippen molar-refractivity contribution in [2.24, 2.45) is 5.92 Å². The molecule has 1 aliphatic heterocycles. The van der Waals surface area contributed by atoms with E-state index in [2.05, 4.69) is 4.90 Å². The second-order valence-electron chi connectivity index (χ2n) is 7.25. The van der Waals surface area contributed by atoms with Crippen LogP contribution in [0.1, 0.15) is 29.3 Å². The number of likely N-dealkylation sites (tertiary alicyclic amines) is 1. The number of carboxylic acids is 2. The molecular formula is C23H25NO7. The van der Waals surface area contributed by atoms with Crippen LogP contribution in [0.15, 0.2) is 60.7 Å². The van der Waals surface area contributed by atoms with E-state index in [1.54, 1.807) is 0 Å². The Balaban J connectivity index is 0.000000501. The van der Waals surface area contributed by atoms with Gasteiger partial charge in [0, 0.05) is 32.0 Å². The molecule has 0 saturated carbocycles. The number of esters is 1. The SMILES string of the molecule is CC(=O)OC1(c2ccccc2)CCN(C)CC1C(=O)c1ccccc1.O=C(O)C(=O)O. The van der Waals surface area contributed by atoms with E-state index in [-0.39, 0.29) is 11.8 Å². The average Bonchev–Trinajstić information content (AvgIpc) is 2.76. The van der Waals surface area contributed by atoms with Crippen LogP contribution in [0.2, 0.25) is 0 Å². The van der Waals surface area contributed by atoms with Crippen molar-refractivity contribution < 1.29 is 34.1 Å². The summed E-state index contributed by atoms with van der Waals surface area (Å²) in [4.78, 5) is 45.5. The van der Waals surface area contributed by atoms with Gasteiger partial charge in [0.15, 0.2) is 5.78 Å². The van der Waals surface area contributed by atoms with Crippen LogP contribution in [0.5, 0.6) is 0 Å². The van der Waals surface area contributed by atoms with Crippen LogP contribution in [0.3, 0.4) is 0 Å². The number of carboxylic acid groups (broad SMARTS) is 2. The fourth-order valence-electron chi connectivity index (χ4n) is 3.68. The number of benzene rings is 2. The van der Waals surface area contributed by atoms with Crippen LogP contribution in [-0.4, -0.2) is 58.9 Å². The predicted octanol–water partition coefficient (Wildman–Crippen LogP) is 2.44. The first kappa shape index (κ1) is 23.8. The Morgan fingerprint density at radius 3 is 1.94 bits per heavy atom. The number of hydrogen-bond donors (Lipinski definition) is 2. The van der Waals surface area contributed by atoms with Crippen LogP contribution in [0.4, 0.5) is 0 Å². The largest absolute Gasteiger partial charge is 0.473 e. The molecule has 0 radical (unpaired) electrons. The molecule has 2 aromatic rings. The highest BCUT2D eigenvalue weighted by atomic mass is 16.6. The van der Waals surface area contributed by atoms with E-state index in [1.807, 2.05) is 67.7 Å². The quantitative estimate of drug-likeness (QED) is 0.434. The van der Waals surface area contributed by atoms with Gasteiger partial charge >= 0.3 is 17.9 Å². The summed E-state index contributed by atoms with van der Waals surface area (Å²) in [5, 5.41) is 14.8. The molecule has 3 rings (SSSR count). The molecule has 1 aliphatic rings. The monoisotopic (exact) mass is 427 g/mol. The first-order valence-corrected chi connectivity index (χ1v) is 9.66. The minimum atomic E-state index is -1.82. The molecule has 8 nitrogen and oxygen atoms in total. The molecule has 0 spiro atoms. The summed E-state index contributed by atoms with van der Waals surface area (Å²) in [5.41, 5.74) is 0.606. The Bertz CT molecular complexity index is 917. The topological polar surface area (TPSA) is 121 Å². The highest BCUT2D eigenvalue weighted by molar-refractivity contribution is 6.27. The predicted molar refractivity (Wildman–Crippen MR) is 112 cm³/mol. The van der Waals surface area contributed by atoms with Gasteiger partial charge in [-0.05, 0) is 12.6 Å². The van der Waals surface area contributed by atoms with E-state index in [1.165, 1.54) is 6.92 Å². The molecule has 2 N–H and O–H groups in total. The number of ketones is 1. The van der Waals surface area contributed by atoms with Crippen molar-refractivity contribution in [2.75, 3.05) is 20.1 Å². The van der Waals surface area contributed by atoms with Crippen molar-refractivity contribution >= 4 is 23.7 Å². The fraction of sp³-hybridized carbons (Fsp3) is 0.304. The third-order valence-electron chi connectivity index (χ3n) is 5.07. The molecular weight excluding hydrogens is 402 g/mol. The van der Waals surface area contributed by atoms with Crippen molar-refractivity contribution in [3.8, 4) is 0 Å². The first-order valence-electron chi connectivity index (χ1n) is 9.66. The lowest BCUT2D eigenvalue weighted by Gasteiger charge is -2.45. The van der Waals surface area contributed by atoms with Crippen molar-refractivity contribution in [1.82, 2.24) is 4.90 Å². The van der Waals surface area contributed by atoms with Crippen molar-refractivity contribution in [2.45, 2.75) is 18.9 Å². The van der Waals surface area contributed by atoms with Crippen LogP contribution in [-0.2, 0) is 24.7 Å². The third-order valence-corrected chi connectivity index (χ3v) is 5.07. The van der Waals surface area contributed by atoms with Gasteiger partial charge in [-0.1, -0.05) is 60.7 Å². The zero-order chi connectivity index (χ0) is 23.0. The molecule has 0 aromatic heterocycles. The van der Waals surface area contributed by atoms with E-state index in [0.717, 1.165) is 12.1 Å². The molecule has 1 fully saturated rings. The average molecular weight is 427 g/mol. The number of carbonyl (C=O) groups is 4. The van der Waals surface area contributed by atoms with Crippen LogP contribution >= 0.6 is 0 Å². The maximum atomic E-state index is 13.3. The number of aliphatic carboxylic acids is 2. The molecule has 2 atom stereocenters. The molecule has 1 saturated heterocycles. The molecule has 1 heterocycles. The van der Waals surface area contributed by atoms with Gasteiger partial charge < -0.3 is 19.8 Å². The van der Waals surface area contributed by atoms with Gasteiger partial charge in [-0.15, -0.1) is 0 Å². The molecule has 2 unspecified atom stereocenters. The molecule has 8 heteroatoms. The van der Waals surface area contributed by atoms with E-state index in [4.69, 9.17) is 24.5 Å². The smallest absolute Gasteiger partial charge is 0.414 e. The van der Waals surface area contributed by atoms with Crippen molar-refractivity contribution in [1.29, 1.82) is 0 Å². The zero-order valence-electron chi connectivity index (χ0n) is 17.4. The number of rotatable bonds is 4. The van der Waals surface area contributed by atoms with E-state index >= 15 is 0 Å². The standard InChI is InChI=1S/C21H23NO3.C2H2O4/c1-16(23)25-21(18-11-7-4-8-12-18)13-14-22(2)15-19(21)20(24)17-9-5-3-6-10-17;3-1(4)2(5)6/h3-12,19H,13-15H2,1-2H3;(H,3,4)(H,5,6). The minimum absolute atomic E-state index is 0.0113. The first-order chi connectivity index (χ1) is 14.7. The zero-order valence-corrected chi connectivity index (χ0v) is 17.4. The van der Waals surface area contributed by atoms with E-state index in [0.29, 0.717) is 18.5 Å². The summed E-state index contributed by atoms with van der Waals surface area (Å²) in [6.07, 6.45) is 0.594. The number of nitrogens with zero attached hydrogens (tertiary/aromatic N) is 1. The van der Waals surface area contributed by atoms with Gasteiger partial charge in [0.25, 0.3) is 0 Å². The Kier molecular flexibility index (Phi) is 8.04. The molecule has 164 valence electrons. The Morgan fingerprint density at radius 1 is 0.935 bits per heavy atom. The summed E-state index contributed by atoms with van der Waals surface area (Å²) in [7, 11) is 1.99. The molecule has 31 heavy (non-hydrogen) atoms. The van der Waals surface area contributed by atoms with Crippen LogP contribution < -0.4 is 0 Å². The summed E-state index contributed by atoms with van der Waals surface area (Å²) < 4.78 is 5.88. The van der Waals surface area contributed by atoms with Gasteiger partial charge in [-0.2, -0.15) is 0 Å². The summed E-state index contributed by atoms with van der Waals surface area (Å²) in [5.74, 6) is -4.44. The number of hydrogen-bond acceptors (Lipinski definition) is 6. The maximum Gasteiger partial charge on any atom is 0.414 e. The van der Waals surface area contributed by atoms with Gasteiger partial charge in [0.05, 0.1) is 5.92 Å². The second-order valence-corrected chi connectivity index (χ2v) is 7.25. The summed E-state index contributed by atoms with van der Waals surface area (Å²) in [6.45, 7) is 2.73. The Hall–Kier alpha value is -3.52. The number of ether oxygens (including phenoxy) is 1. The minimum Gasteiger partial charge on any atom is -0.473 e. The summed E-state index contributed by atoms with van der Waals surface area (Å²) in [6, 6.07) is 18.9. The number of carbonyl (C=O) groups excluding carboxylic acids is 2. The normalized spacial score (nSPS) is 20.6. The van der Waals surface area contributed by atoms with Gasteiger partial charge in [-0.3, -0.25) is 9.59 Å². The lowest BCUT2D eigenvalue weighted by Crippen LogP contribution is -2.54. The number of piperidine rings is 1. The summed E-state index contributed by atoms with van der Waals surface area (Å²) >= 11 is 0. The van der Waals surface area contributed by atoms with E-state index in [9.17, 15) is 9.59 Å². The Morgan fingerprint density at radius 2 is 1.45 bits per heavy atom. The Labute approximate surface area is 180 Å². The lowest BCUT2D eigenvalue weighted by molar-refractivity contribution is -0.169. The third kappa shape index (κ3) is 5.99. The second kappa shape index (κ2) is 10.5. The number of Topliss-reactive ketones (excluding diaryl/α,β-unsaturated/α-hetero) is 1. The molecule has 0 bridgehead atoms. The molecule has 2 aromatic carbocycles. The highest BCUT2D eigenvalue weighted by Gasteiger charge is 2.50. The van der Waals surface area contributed by atoms with E-state index < -0.39 is 23.5 Å². The molecule has 0 amide bonds. The van der Waals surface area contributed by atoms with Gasteiger partial charge in [0.2, 0.25) is 0 Å². The lowest BCUT2D eigenvalue weighted by atomic mass is 9.72. The van der Waals surface area contributed by atoms with Gasteiger partial charge in [-0.25, -0.2) is 9.59 Å². The van der Waals surface area contributed by atoms with Crippen molar-refractivity contribution in [3.05, 3.63) is 71.8 Å². The van der Waals surface area contributed by atoms with Crippen LogP contribution in [0, 0.1) is 5.92 Å². The highest BCUT2D eigenvalue weighted by Crippen LogP contribution is 2.42. The molecule has 0 aliphatic carbocycles. The van der Waals surface area contributed by atoms with Gasteiger partial charge in [0.1, 0.15) is 5.60 Å².